The largest absolute Gasteiger partial charge is 0.458 e. The number of hydrogen-bond acceptors (Lipinski definition) is 6. The van der Waals surface area contributed by atoms with Crippen molar-refractivity contribution in [3.05, 3.63) is 72.1 Å². The SMILES string of the molecule is Cc1ccc(S(=O)(=O)N[C@@H](C)C(=O)OCc2coc(-c3ccccc3)n2)cc1. The molecule has 7 nitrogen and oxygen atoms in total. The molecule has 0 radical (unpaired) electrons. The van der Waals surface area contributed by atoms with Crippen molar-refractivity contribution >= 4 is 16.0 Å². The van der Waals surface area contributed by atoms with E-state index in [-0.39, 0.29) is 11.5 Å². The van der Waals surface area contributed by atoms with Crippen molar-refractivity contribution in [1.29, 1.82) is 0 Å². The van der Waals surface area contributed by atoms with Crippen LogP contribution in [-0.4, -0.2) is 25.4 Å². The number of aryl methyl sites for hydroxylation is 1. The third-order valence-corrected chi connectivity index (χ3v) is 5.51. The number of esters is 1. The van der Waals surface area contributed by atoms with Crippen LogP contribution in [0.15, 0.2) is 70.2 Å². The number of nitrogens with zero attached hydrogens (tertiary/aromatic N) is 1. The van der Waals surface area contributed by atoms with Gasteiger partial charge in [-0.3, -0.25) is 4.79 Å². The predicted octanol–water partition coefficient (Wildman–Crippen LogP) is 3.06. The fourth-order valence-electron chi connectivity index (χ4n) is 2.42. The summed E-state index contributed by atoms with van der Waals surface area (Å²) < 4.78 is 37.5. The topological polar surface area (TPSA) is 98.5 Å². The van der Waals surface area contributed by atoms with Crippen molar-refractivity contribution < 1.29 is 22.4 Å². The highest BCUT2D eigenvalue weighted by Gasteiger charge is 2.23. The second-order valence-electron chi connectivity index (χ2n) is 6.27. The normalized spacial score (nSPS) is 12.5. The van der Waals surface area contributed by atoms with Crippen molar-refractivity contribution in [3.8, 4) is 11.5 Å². The standard InChI is InChI=1S/C20H20N2O5S/c1-14-8-10-18(11-9-14)28(24,25)22-15(2)20(23)27-13-17-12-26-19(21-17)16-6-4-3-5-7-16/h3-12,15,22H,13H2,1-2H3/t15-/m0/s1. The third kappa shape index (κ3) is 4.85. The van der Waals surface area contributed by atoms with E-state index in [4.69, 9.17) is 9.15 Å². The Kier molecular flexibility index (Phi) is 5.91. The Morgan fingerprint density at radius 2 is 1.82 bits per heavy atom. The molecule has 3 aromatic rings. The molecular weight excluding hydrogens is 380 g/mol. The van der Waals surface area contributed by atoms with E-state index in [0.717, 1.165) is 11.1 Å². The first-order valence-corrected chi connectivity index (χ1v) is 10.1. The Morgan fingerprint density at radius 1 is 1.14 bits per heavy atom. The minimum absolute atomic E-state index is 0.0850. The van der Waals surface area contributed by atoms with E-state index in [0.29, 0.717) is 11.6 Å². The van der Waals surface area contributed by atoms with Crippen LogP contribution in [0.1, 0.15) is 18.2 Å². The molecule has 0 saturated carbocycles. The Bertz CT molecular complexity index is 1040. The molecule has 0 aliphatic carbocycles. The number of hydrogen-bond donors (Lipinski definition) is 1. The van der Waals surface area contributed by atoms with Gasteiger partial charge in [0, 0.05) is 5.56 Å². The second-order valence-corrected chi connectivity index (χ2v) is 7.99. The lowest BCUT2D eigenvalue weighted by Crippen LogP contribution is -2.39. The van der Waals surface area contributed by atoms with Gasteiger partial charge < -0.3 is 9.15 Å². The molecule has 3 rings (SSSR count). The lowest BCUT2D eigenvalue weighted by Gasteiger charge is -2.13. The fraction of sp³-hybridized carbons (Fsp3) is 0.200. The molecule has 8 heteroatoms. The molecule has 1 heterocycles. The van der Waals surface area contributed by atoms with E-state index in [9.17, 15) is 13.2 Å². The molecule has 146 valence electrons. The summed E-state index contributed by atoms with van der Waals surface area (Å²) in [5.41, 5.74) is 2.17. The average Bonchev–Trinajstić information content (AvgIpc) is 3.16. The second kappa shape index (κ2) is 8.37. The number of rotatable bonds is 7. The summed E-state index contributed by atoms with van der Waals surface area (Å²) in [6, 6.07) is 14.6. The van der Waals surface area contributed by atoms with Crippen LogP contribution in [0.5, 0.6) is 0 Å². The van der Waals surface area contributed by atoms with Gasteiger partial charge >= 0.3 is 5.97 Å². The third-order valence-electron chi connectivity index (χ3n) is 3.95. The Balaban J connectivity index is 1.57. The van der Waals surface area contributed by atoms with E-state index >= 15 is 0 Å². The Morgan fingerprint density at radius 3 is 2.50 bits per heavy atom. The van der Waals surface area contributed by atoms with Crippen molar-refractivity contribution in [2.24, 2.45) is 0 Å². The van der Waals surface area contributed by atoms with Gasteiger partial charge in [0.15, 0.2) is 0 Å². The summed E-state index contributed by atoms with van der Waals surface area (Å²) >= 11 is 0. The zero-order valence-electron chi connectivity index (χ0n) is 15.5. The quantitative estimate of drug-likeness (QED) is 0.612. The molecule has 0 spiro atoms. The van der Waals surface area contributed by atoms with Crippen LogP contribution in [-0.2, 0) is 26.2 Å². The Labute approximate surface area is 163 Å². The van der Waals surface area contributed by atoms with Gasteiger partial charge in [-0.15, -0.1) is 0 Å². The zero-order valence-corrected chi connectivity index (χ0v) is 16.3. The number of benzene rings is 2. The molecule has 0 fully saturated rings. The van der Waals surface area contributed by atoms with E-state index < -0.39 is 22.0 Å². The molecule has 0 amide bonds. The molecule has 2 aromatic carbocycles. The van der Waals surface area contributed by atoms with Crippen LogP contribution in [0.2, 0.25) is 0 Å². The number of carbonyl (C=O) groups excluding carboxylic acids is 1. The molecule has 1 aromatic heterocycles. The molecular formula is C20H20N2O5S. The van der Waals surface area contributed by atoms with Crippen molar-refractivity contribution in [2.45, 2.75) is 31.4 Å². The van der Waals surface area contributed by atoms with Gasteiger partial charge in [0.25, 0.3) is 0 Å². The van der Waals surface area contributed by atoms with Gasteiger partial charge in [0.1, 0.15) is 24.6 Å². The van der Waals surface area contributed by atoms with Gasteiger partial charge in [-0.05, 0) is 38.1 Å². The molecule has 0 bridgehead atoms. The summed E-state index contributed by atoms with van der Waals surface area (Å²) in [7, 11) is -3.82. The number of oxazole rings is 1. The van der Waals surface area contributed by atoms with Crippen LogP contribution < -0.4 is 4.72 Å². The van der Waals surface area contributed by atoms with Crippen molar-refractivity contribution in [3.63, 3.8) is 0 Å². The van der Waals surface area contributed by atoms with Crippen molar-refractivity contribution in [2.75, 3.05) is 0 Å². The molecule has 0 aliphatic heterocycles. The number of ether oxygens (including phenoxy) is 1. The highest BCUT2D eigenvalue weighted by Crippen LogP contribution is 2.18. The molecule has 1 atom stereocenters. The average molecular weight is 400 g/mol. The van der Waals surface area contributed by atoms with Crippen LogP contribution in [0.25, 0.3) is 11.5 Å². The van der Waals surface area contributed by atoms with Crippen LogP contribution >= 0.6 is 0 Å². The van der Waals surface area contributed by atoms with Gasteiger partial charge in [-0.25, -0.2) is 13.4 Å². The summed E-state index contributed by atoms with van der Waals surface area (Å²) in [5, 5.41) is 0. The molecule has 0 unspecified atom stereocenters. The maximum atomic E-state index is 12.3. The first-order chi connectivity index (χ1) is 13.3. The summed E-state index contributed by atoms with van der Waals surface area (Å²) in [6.07, 6.45) is 1.40. The minimum atomic E-state index is -3.82. The summed E-state index contributed by atoms with van der Waals surface area (Å²) in [5.74, 6) is -0.292. The number of sulfonamides is 1. The number of carbonyl (C=O) groups is 1. The van der Waals surface area contributed by atoms with Gasteiger partial charge in [0.2, 0.25) is 15.9 Å². The maximum Gasteiger partial charge on any atom is 0.324 e. The fourth-order valence-corrected chi connectivity index (χ4v) is 3.62. The van der Waals surface area contributed by atoms with Crippen LogP contribution in [0.4, 0.5) is 0 Å². The minimum Gasteiger partial charge on any atom is -0.458 e. The Hall–Kier alpha value is -2.97. The highest BCUT2D eigenvalue weighted by molar-refractivity contribution is 7.89. The smallest absolute Gasteiger partial charge is 0.324 e. The van der Waals surface area contributed by atoms with E-state index in [2.05, 4.69) is 9.71 Å². The first kappa shape index (κ1) is 19.8. The van der Waals surface area contributed by atoms with Crippen LogP contribution in [0.3, 0.4) is 0 Å². The van der Waals surface area contributed by atoms with Gasteiger partial charge in [-0.2, -0.15) is 4.72 Å². The van der Waals surface area contributed by atoms with Gasteiger partial charge in [0.05, 0.1) is 4.90 Å². The first-order valence-electron chi connectivity index (χ1n) is 8.60. The number of aromatic nitrogens is 1. The van der Waals surface area contributed by atoms with E-state index in [1.165, 1.54) is 25.3 Å². The lowest BCUT2D eigenvalue weighted by molar-refractivity contribution is -0.146. The van der Waals surface area contributed by atoms with Crippen molar-refractivity contribution in [1.82, 2.24) is 9.71 Å². The molecule has 0 saturated heterocycles. The molecule has 28 heavy (non-hydrogen) atoms. The zero-order chi connectivity index (χ0) is 20.1. The highest BCUT2D eigenvalue weighted by atomic mass is 32.2. The summed E-state index contributed by atoms with van der Waals surface area (Å²) in [4.78, 5) is 16.5. The van der Waals surface area contributed by atoms with E-state index in [1.807, 2.05) is 37.3 Å². The maximum absolute atomic E-state index is 12.3. The van der Waals surface area contributed by atoms with E-state index in [1.54, 1.807) is 12.1 Å². The monoisotopic (exact) mass is 400 g/mol. The molecule has 0 aliphatic rings. The van der Waals surface area contributed by atoms with Gasteiger partial charge in [-0.1, -0.05) is 35.9 Å². The number of nitrogens with one attached hydrogen (secondary N) is 1. The van der Waals surface area contributed by atoms with Crippen LogP contribution in [0, 0.1) is 6.92 Å². The lowest BCUT2D eigenvalue weighted by atomic mass is 10.2. The molecule has 1 N–H and O–H groups in total. The predicted molar refractivity (Wildman–Crippen MR) is 103 cm³/mol. The summed E-state index contributed by atoms with van der Waals surface area (Å²) in [6.45, 7) is 3.16.